The van der Waals surface area contributed by atoms with Crippen LogP contribution >= 0.6 is 0 Å². The second-order valence-corrected chi connectivity index (χ2v) is 4.63. The first-order valence-electron chi connectivity index (χ1n) is 6.42. The fraction of sp³-hybridized carbons (Fsp3) is 0.357. The van der Waals surface area contributed by atoms with Crippen LogP contribution < -0.4 is 10.3 Å². The number of aryl methyl sites for hydroxylation is 1. The van der Waals surface area contributed by atoms with Gasteiger partial charge in [0, 0.05) is 13.0 Å². The topological polar surface area (TPSA) is 70.4 Å². The highest BCUT2D eigenvalue weighted by atomic mass is 16.6. The lowest BCUT2D eigenvalue weighted by molar-refractivity contribution is -0.142. The number of hydrogen-bond acceptors (Lipinski definition) is 5. The standard InChI is InChI=1S/C14H14N2O4/c1-19-13(17)8-20-9-4-5-11-10(7-9)14(18)16-6-2-3-12(16)15-11/h4-5,7H,2-3,6,8H2,1H3. The second-order valence-electron chi connectivity index (χ2n) is 4.63. The first kappa shape index (κ1) is 12.7. The number of rotatable bonds is 3. The van der Waals surface area contributed by atoms with Crippen molar-refractivity contribution in [1.82, 2.24) is 9.55 Å². The normalized spacial score (nSPS) is 13.2. The quantitative estimate of drug-likeness (QED) is 0.777. The summed E-state index contributed by atoms with van der Waals surface area (Å²) in [7, 11) is 1.30. The Kier molecular flexibility index (Phi) is 3.14. The van der Waals surface area contributed by atoms with Crippen LogP contribution in [0.15, 0.2) is 23.0 Å². The molecule has 0 spiro atoms. The van der Waals surface area contributed by atoms with Crippen LogP contribution in [0.5, 0.6) is 5.75 Å². The summed E-state index contributed by atoms with van der Waals surface area (Å²) in [5.74, 6) is 0.833. The number of hydrogen-bond donors (Lipinski definition) is 0. The summed E-state index contributed by atoms with van der Waals surface area (Å²) in [6.45, 7) is 0.534. The van der Waals surface area contributed by atoms with Crippen LogP contribution in [0.3, 0.4) is 0 Å². The Hall–Kier alpha value is -2.37. The summed E-state index contributed by atoms with van der Waals surface area (Å²) < 4.78 is 11.5. The maximum absolute atomic E-state index is 12.3. The van der Waals surface area contributed by atoms with Gasteiger partial charge in [0.25, 0.3) is 5.56 Å². The molecule has 1 aromatic heterocycles. The number of carbonyl (C=O) groups is 1. The van der Waals surface area contributed by atoms with Crippen molar-refractivity contribution in [2.45, 2.75) is 19.4 Å². The zero-order valence-corrected chi connectivity index (χ0v) is 11.1. The molecule has 6 heteroatoms. The molecule has 1 aromatic carbocycles. The number of ether oxygens (including phenoxy) is 2. The molecule has 2 aromatic rings. The Morgan fingerprint density at radius 3 is 3.10 bits per heavy atom. The molecular formula is C14H14N2O4. The predicted octanol–water partition coefficient (Wildman–Crippen LogP) is 0.895. The van der Waals surface area contributed by atoms with Gasteiger partial charge >= 0.3 is 5.97 Å². The smallest absolute Gasteiger partial charge is 0.343 e. The highest BCUT2D eigenvalue weighted by molar-refractivity contribution is 5.79. The predicted molar refractivity (Wildman–Crippen MR) is 71.8 cm³/mol. The Morgan fingerprint density at radius 1 is 1.45 bits per heavy atom. The van der Waals surface area contributed by atoms with E-state index in [9.17, 15) is 9.59 Å². The number of fused-ring (bicyclic) bond motifs is 2. The fourth-order valence-corrected chi connectivity index (χ4v) is 2.35. The first-order valence-corrected chi connectivity index (χ1v) is 6.42. The van der Waals surface area contributed by atoms with Crippen LogP contribution in [0, 0.1) is 0 Å². The Morgan fingerprint density at radius 2 is 2.30 bits per heavy atom. The maximum Gasteiger partial charge on any atom is 0.343 e. The third kappa shape index (κ3) is 2.13. The minimum absolute atomic E-state index is 0.0500. The van der Waals surface area contributed by atoms with Gasteiger partial charge in [0.2, 0.25) is 0 Å². The molecular weight excluding hydrogens is 260 g/mol. The van der Waals surface area contributed by atoms with Crippen molar-refractivity contribution in [3.63, 3.8) is 0 Å². The lowest BCUT2D eigenvalue weighted by atomic mass is 10.2. The number of benzene rings is 1. The van der Waals surface area contributed by atoms with Gasteiger partial charge in [0.1, 0.15) is 11.6 Å². The van der Waals surface area contributed by atoms with Crippen molar-refractivity contribution in [3.8, 4) is 5.75 Å². The van der Waals surface area contributed by atoms with E-state index in [0.717, 1.165) is 18.7 Å². The summed E-state index contributed by atoms with van der Waals surface area (Å²) in [6, 6.07) is 5.06. The molecule has 2 heterocycles. The van der Waals surface area contributed by atoms with Gasteiger partial charge in [-0.1, -0.05) is 0 Å². The monoisotopic (exact) mass is 274 g/mol. The molecule has 0 bridgehead atoms. The summed E-state index contributed by atoms with van der Waals surface area (Å²) >= 11 is 0. The van der Waals surface area contributed by atoms with E-state index in [1.54, 1.807) is 22.8 Å². The molecule has 20 heavy (non-hydrogen) atoms. The van der Waals surface area contributed by atoms with E-state index >= 15 is 0 Å². The summed E-state index contributed by atoms with van der Waals surface area (Å²) in [5.41, 5.74) is 0.611. The largest absolute Gasteiger partial charge is 0.482 e. The van der Waals surface area contributed by atoms with Crippen LogP contribution in [0.1, 0.15) is 12.2 Å². The second kappa shape index (κ2) is 4.96. The van der Waals surface area contributed by atoms with E-state index in [4.69, 9.17) is 4.74 Å². The molecule has 0 atom stereocenters. The van der Waals surface area contributed by atoms with Gasteiger partial charge in [0.15, 0.2) is 6.61 Å². The van der Waals surface area contributed by atoms with Gasteiger partial charge in [-0.2, -0.15) is 0 Å². The Labute approximate surface area is 114 Å². The van der Waals surface area contributed by atoms with Gasteiger partial charge in [-0.05, 0) is 24.6 Å². The van der Waals surface area contributed by atoms with Crippen LogP contribution in [0.25, 0.3) is 10.9 Å². The van der Waals surface area contributed by atoms with Crippen molar-refractivity contribution in [2.24, 2.45) is 0 Å². The summed E-state index contributed by atoms with van der Waals surface area (Å²) in [4.78, 5) is 27.9. The lowest BCUT2D eigenvalue weighted by Crippen LogP contribution is -2.21. The minimum Gasteiger partial charge on any atom is -0.482 e. The van der Waals surface area contributed by atoms with Gasteiger partial charge < -0.3 is 9.47 Å². The van der Waals surface area contributed by atoms with Gasteiger partial charge in [-0.25, -0.2) is 9.78 Å². The average molecular weight is 274 g/mol. The molecule has 0 saturated heterocycles. The summed E-state index contributed by atoms with van der Waals surface area (Å²) in [6.07, 6.45) is 1.79. The number of nitrogens with zero attached hydrogens (tertiary/aromatic N) is 2. The van der Waals surface area contributed by atoms with Crippen molar-refractivity contribution in [1.29, 1.82) is 0 Å². The highest BCUT2D eigenvalue weighted by Crippen LogP contribution is 2.19. The van der Waals surface area contributed by atoms with E-state index in [2.05, 4.69) is 9.72 Å². The number of aromatic nitrogens is 2. The van der Waals surface area contributed by atoms with Crippen molar-refractivity contribution in [2.75, 3.05) is 13.7 Å². The first-order chi connectivity index (χ1) is 9.69. The number of carbonyl (C=O) groups excluding carboxylic acids is 1. The van der Waals surface area contributed by atoms with Crippen molar-refractivity contribution >= 4 is 16.9 Å². The molecule has 1 aliphatic rings. The van der Waals surface area contributed by atoms with Crippen molar-refractivity contribution < 1.29 is 14.3 Å². The van der Waals surface area contributed by atoms with E-state index in [-0.39, 0.29) is 12.2 Å². The van der Waals surface area contributed by atoms with Crippen LogP contribution in [0.2, 0.25) is 0 Å². The summed E-state index contributed by atoms with van der Waals surface area (Å²) in [5, 5.41) is 0.512. The van der Waals surface area contributed by atoms with Gasteiger partial charge in [-0.3, -0.25) is 9.36 Å². The molecule has 104 valence electrons. The zero-order chi connectivity index (χ0) is 14.1. The van der Waals surface area contributed by atoms with Crippen LogP contribution in [-0.2, 0) is 22.5 Å². The van der Waals surface area contributed by atoms with E-state index in [0.29, 0.717) is 23.2 Å². The zero-order valence-electron chi connectivity index (χ0n) is 11.1. The molecule has 0 fully saturated rings. The Balaban J connectivity index is 1.99. The van der Waals surface area contributed by atoms with E-state index in [1.165, 1.54) is 7.11 Å². The molecule has 0 N–H and O–H groups in total. The highest BCUT2D eigenvalue weighted by Gasteiger charge is 2.16. The average Bonchev–Trinajstić information content (AvgIpc) is 2.93. The minimum atomic E-state index is -0.464. The maximum atomic E-state index is 12.3. The molecule has 0 aliphatic carbocycles. The third-order valence-corrected chi connectivity index (χ3v) is 3.37. The number of methoxy groups -OCH3 is 1. The van der Waals surface area contributed by atoms with Crippen LogP contribution in [-0.4, -0.2) is 29.2 Å². The molecule has 0 radical (unpaired) electrons. The van der Waals surface area contributed by atoms with E-state index in [1.807, 2.05) is 0 Å². The van der Waals surface area contributed by atoms with Crippen LogP contribution in [0.4, 0.5) is 0 Å². The Bertz CT molecular complexity index is 736. The van der Waals surface area contributed by atoms with Crippen molar-refractivity contribution in [3.05, 3.63) is 34.4 Å². The fourth-order valence-electron chi connectivity index (χ4n) is 2.35. The molecule has 0 amide bonds. The van der Waals surface area contributed by atoms with Gasteiger partial charge in [0.05, 0.1) is 18.0 Å². The third-order valence-electron chi connectivity index (χ3n) is 3.37. The molecule has 3 rings (SSSR count). The van der Waals surface area contributed by atoms with Gasteiger partial charge in [-0.15, -0.1) is 0 Å². The number of esters is 1. The molecule has 6 nitrogen and oxygen atoms in total. The molecule has 1 aliphatic heterocycles. The molecule has 0 saturated carbocycles. The molecule has 0 unspecified atom stereocenters. The van der Waals surface area contributed by atoms with E-state index < -0.39 is 5.97 Å². The lowest BCUT2D eigenvalue weighted by Gasteiger charge is -2.08. The SMILES string of the molecule is COC(=O)COc1ccc2nc3n(c(=O)c2c1)CCC3.